The third-order valence-corrected chi connectivity index (χ3v) is 7.82. The van der Waals surface area contributed by atoms with Crippen molar-refractivity contribution in [1.29, 1.82) is 0 Å². The van der Waals surface area contributed by atoms with E-state index in [1.165, 1.54) is 11.1 Å². The number of fused-ring (bicyclic) bond motifs is 3. The maximum atomic E-state index is 13.1. The number of alkyl carbamates (subject to hydrolysis) is 1. The van der Waals surface area contributed by atoms with Gasteiger partial charge in [0.05, 0.1) is 5.41 Å². The van der Waals surface area contributed by atoms with E-state index in [9.17, 15) is 19.5 Å². The highest BCUT2D eigenvalue weighted by Gasteiger charge is 2.49. The van der Waals surface area contributed by atoms with E-state index in [1.807, 2.05) is 45.0 Å². The average Bonchev–Trinajstić information content (AvgIpc) is 3.32. The number of nitrogens with zero attached hydrogens (tertiary/aromatic N) is 1. The Balaban J connectivity index is 1.29. The fraction of sp³-hybridized carbons (Fsp3) is 0.464. The number of likely N-dealkylation sites (tertiary alicyclic amines) is 1. The molecule has 0 unspecified atom stereocenters. The number of hydrogen-bond donors (Lipinski definition) is 2. The second-order valence-corrected chi connectivity index (χ2v) is 10.7. The van der Waals surface area contributed by atoms with Crippen LogP contribution in [0.2, 0.25) is 0 Å². The number of rotatable bonds is 7. The molecule has 2 aromatic rings. The van der Waals surface area contributed by atoms with Crippen LogP contribution in [0.15, 0.2) is 48.5 Å². The Labute approximate surface area is 206 Å². The van der Waals surface area contributed by atoms with Gasteiger partial charge in [-0.2, -0.15) is 0 Å². The number of carbonyl (C=O) groups is 3. The SMILES string of the molecule is C[C@@H]1CN(C(=O)C(C)(C)CCNC(=O)OCC2c3ccccc3-c3ccccc32)C[C@@]1(C)C(=O)O. The van der Waals surface area contributed by atoms with Gasteiger partial charge in [0.25, 0.3) is 0 Å². The zero-order chi connectivity index (χ0) is 25.4. The second kappa shape index (κ2) is 9.36. The molecule has 0 aromatic heterocycles. The van der Waals surface area contributed by atoms with Crippen molar-refractivity contribution >= 4 is 18.0 Å². The van der Waals surface area contributed by atoms with E-state index in [4.69, 9.17) is 4.74 Å². The van der Waals surface area contributed by atoms with E-state index in [2.05, 4.69) is 29.6 Å². The van der Waals surface area contributed by atoms with Crippen molar-refractivity contribution in [2.45, 2.75) is 40.0 Å². The molecule has 1 fully saturated rings. The van der Waals surface area contributed by atoms with Gasteiger partial charge < -0.3 is 20.1 Å². The van der Waals surface area contributed by atoms with Crippen LogP contribution in [0.5, 0.6) is 0 Å². The summed E-state index contributed by atoms with van der Waals surface area (Å²) in [6, 6.07) is 16.3. The number of nitrogens with one attached hydrogen (secondary N) is 1. The summed E-state index contributed by atoms with van der Waals surface area (Å²) in [5, 5.41) is 12.4. The van der Waals surface area contributed by atoms with Gasteiger partial charge in [-0.15, -0.1) is 0 Å². The Kier molecular flexibility index (Phi) is 6.62. The highest BCUT2D eigenvalue weighted by molar-refractivity contribution is 5.84. The molecule has 1 saturated heterocycles. The van der Waals surface area contributed by atoms with Crippen molar-refractivity contribution < 1.29 is 24.2 Å². The second-order valence-electron chi connectivity index (χ2n) is 10.7. The molecule has 186 valence electrons. The Morgan fingerprint density at radius 3 is 2.20 bits per heavy atom. The molecule has 7 nitrogen and oxygen atoms in total. The van der Waals surface area contributed by atoms with Gasteiger partial charge in [-0.3, -0.25) is 9.59 Å². The van der Waals surface area contributed by atoms with Gasteiger partial charge in [-0.1, -0.05) is 69.3 Å². The van der Waals surface area contributed by atoms with Crippen LogP contribution >= 0.6 is 0 Å². The molecular formula is C28H34N2O5. The smallest absolute Gasteiger partial charge is 0.407 e. The third-order valence-electron chi connectivity index (χ3n) is 7.82. The Morgan fingerprint density at radius 1 is 1.09 bits per heavy atom. The van der Waals surface area contributed by atoms with E-state index in [0.717, 1.165) is 11.1 Å². The Morgan fingerprint density at radius 2 is 1.66 bits per heavy atom. The van der Waals surface area contributed by atoms with Crippen molar-refractivity contribution in [3.8, 4) is 11.1 Å². The van der Waals surface area contributed by atoms with Gasteiger partial charge >= 0.3 is 12.1 Å². The molecule has 7 heteroatoms. The van der Waals surface area contributed by atoms with Crippen LogP contribution in [0.4, 0.5) is 4.79 Å². The van der Waals surface area contributed by atoms with E-state index in [-0.39, 0.29) is 37.4 Å². The topological polar surface area (TPSA) is 95.9 Å². The minimum absolute atomic E-state index is 0.00753. The molecule has 1 aliphatic heterocycles. The van der Waals surface area contributed by atoms with Crippen LogP contribution < -0.4 is 5.32 Å². The molecule has 0 bridgehead atoms. The first-order valence-corrected chi connectivity index (χ1v) is 12.2. The van der Waals surface area contributed by atoms with E-state index >= 15 is 0 Å². The molecule has 2 aromatic carbocycles. The minimum atomic E-state index is -0.939. The van der Waals surface area contributed by atoms with Crippen LogP contribution in [-0.4, -0.2) is 54.2 Å². The molecular weight excluding hydrogens is 444 g/mol. The molecule has 4 rings (SSSR count). The van der Waals surface area contributed by atoms with Crippen LogP contribution in [0.25, 0.3) is 11.1 Å². The monoisotopic (exact) mass is 478 g/mol. The normalized spacial score (nSPS) is 21.4. The fourth-order valence-electron chi connectivity index (χ4n) is 5.24. The molecule has 0 radical (unpaired) electrons. The first-order valence-electron chi connectivity index (χ1n) is 12.2. The van der Waals surface area contributed by atoms with Gasteiger partial charge in [0, 0.05) is 31.0 Å². The fourth-order valence-corrected chi connectivity index (χ4v) is 5.24. The average molecular weight is 479 g/mol. The van der Waals surface area contributed by atoms with Gasteiger partial charge in [0.2, 0.25) is 5.91 Å². The van der Waals surface area contributed by atoms with Crippen LogP contribution in [0, 0.1) is 16.7 Å². The molecule has 2 aliphatic rings. The van der Waals surface area contributed by atoms with Crippen molar-refractivity contribution in [1.82, 2.24) is 10.2 Å². The van der Waals surface area contributed by atoms with E-state index in [1.54, 1.807) is 11.8 Å². The quantitative estimate of drug-likeness (QED) is 0.610. The van der Waals surface area contributed by atoms with Crippen molar-refractivity contribution in [3.05, 3.63) is 59.7 Å². The zero-order valence-electron chi connectivity index (χ0n) is 20.8. The Bertz CT molecular complexity index is 1100. The molecule has 2 N–H and O–H groups in total. The lowest BCUT2D eigenvalue weighted by Gasteiger charge is -2.30. The standard InChI is InChI=1S/C28H34N2O5/c1-18-15-30(17-28(18,4)25(32)33)24(31)27(2,3)13-14-29-26(34)35-16-23-21-11-7-5-9-19(21)20-10-6-8-12-22(20)23/h5-12,18,23H,13-17H2,1-4H3,(H,29,34)(H,32,33)/t18-,28-/m1/s1. The lowest BCUT2D eigenvalue weighted by molar-refractivity contribution is -0.149. The first-order chi connectivity index (χ1) is 16.5. The van der Waals surface area contributed by atoms with Gasteiger partial charge in [-0.05, 0) is 41.5 Å². The van der Waals surface area contributed by atoms with Crippen molar-refractivity contribution in [3.63, 3.8) is 0 Å². The molecule has 2 amide bonds. The number of carboxylic acids is 1. The molecule has 0 saturated carbocycles. The lowest BCUT2D eigenvalue weighted by Crippen LogP contribution is -2.43. The molecule has 1 heterocycles. The maximum absolute atomic E-state index is 13.1. The summed E-state index contributed by atoms with van der Waals surface area (Å²) in [5.74, 6) is -1.11. The van der Waals surface area contributed by atoms with Crippen molar-refractivity contribution in [2.75, 3.05) is 26.2 Å². The number of amides is 2. The predicted molar refractivity (Wildman–Crippen MR) is 133 cm³/mol. The van der Waals surface area contributed by atoms with Crippen LogP contribution in [0.1, 0.15) is 51.2 Å². The van der Waals surface area contributed by atoms with Crippen LogP contribution in [0.3, 0.4) is 0 Å². The summed E-state index contributed by atoms with van der Waals surface area (Å²) in [4.78, 5) is 38.9. The highest BCUT2D eigenvalue weighted by atomic mass is 16.5. The lowest BCUT2D eigenvalue weighted by atomic mass is 9.81. The third kappa shape index (κ3) is 4.64. The number of benzene rings is 2. The highest BCUT2D eigenvalue weighted by Crippen LogP contribution is 2.44. The van der Waals surface area contributed by atoms with Crippen molar-refractivity contribution in [2.24, 2.45) is 16.7 Å². The van der Waals surface area contributed by atoms with E-state index in [0.29, 0.717) is 13.0 Å². The molecule has 1 aliphatic carbocycles. The number of carboxylic acid groups (broad SMARTS) is 1. The number of aliphatic carboxylic acids is 1. The number of carbonyl (C=O) groups excluding carboxylic acids is 2. The summed E-state index contributed by atoms with van der Waals surface area (Å²) < 4.78 is 5.57. The summed E-state index contributed by atoms with van der Waals surface area (Å²) in [6.45, 7) is 8.37. The first kappa shape index (κ1) is 24.8. The van der Waals surface area contributed by atoms with Gasteiger partial charge in [0.15, 0.2) is 0 Å². The molecule has 35 heavy (non-hydrogen) atoms. The van der Waals surface area contributed by atoms with Crippen LogP contribution in [-0.2, 0) is 14.3 Å². The molecule has 2 atom stereocenters. The number of ether oxygens (including phenoxy) is 1. The summed E-state index contributed by atoms with van der Waals surface area (Å²) >= 11 is 0. The van der Waals surface area contributed by atoms with Gasteiger partial charge in [0.1, 0.15) is 6.61 Å². The Hall–Kier alpha value is -3.35. The molecule has 0 spiro atoms. The van der Waals surface area contributed by atoms with E-state index < -0.39 is 22.9 Å². The zero-order valence-corrected chi connectivity index (χ0v) is 20.8. The predicted octanol–water partition coefficient (Wildman–Crippen LogP) is 4.51. The largest absolute Gasteiger partial charge is 0.481 e. The van der Waals surface area contributed by atoms with Gasteiger partial charge in [-0.25, -0.2) is 4.79 Å². The summed E-state index contributed by atoms with van der Waals surface area (Å²) in [7, 11) is 0. The number of hydrogen-bond acceptors (Lipinski definition) is 4. The minimum Gasteiger partial charge on any atom is -0.481 e. The summed E-state index contributed by atoms with van der Waals surface area (Å²) in [6.07, 6.45) is -0.0895. The maximum Gasteiger partial charge on any atom is 0.407 e. The summed E-state index contributed by atoms with van der Waals surface area (Å²) in [5.41, 5.74) is 2.98.